The van der Waals surface area contributed by atoms with Crippen molar-refractivity contribution in [2.24, 2.45) is 29.1 Å². The first-order chi connectivity index (χ1) is 19.1. The van der Waals surface area contributed by atoms with Gasteiger partial charge in [-0.3, -0.25) is 9.59 Å². The fraction of sp³-hybridized carbons (Fsp3) is 0.760. The predicted molar refractivity (Wildman–Crippen MR) is 115 cm³/mol. The monoisotopic (exact) mass is 430 g/mol. The number of carbonyl (C=O) groups is 2. The minimum Gasteiger partial charge on any atom is -0.462 e. The van der Waals surface area contributed by atoms with Crippen LogP contribution in [-0.2, 0) is 19.1 Å². The fourth-order valence-electron chi connectivity index (χ4n) is 4.90. The highest BCUT2D eigenvalue weighted by molar-refractivity contribution is 5.76. The Kier molecular flexibility index (Phi) is 3.65. The van der Waals surface area contributed by atoms with E-state index < -0.39 is 68.5 Å². The zero-order chi connectivity index (χ0) is 32.1. The lowest BCUT2D eigenvalue weighted by Gasteiger charge is -2.44. The van der Waals surface area contributed by atoms with E-state index in [9.17, 15) is 9.59 Å². The number of aliphatic hydroxyl groups excluding tert-OH is 1. The van der Waals surface area contributed by atoms with Gasteiger partial charge in [-0.2, -0.15) is 0 Å². The van der Waals surface area contributed by atoms with Crippen molar-refractivity contribution in [2.45, 2.75) is 91.2 Å². The largest absolute Gasteiger partial charge is 0.462 e. The smallest absolute Gasteiger partial charge is 0.311 e. The van der Waals surface area contributed by atoms with Crippen molar-refractivity contribution < 1.29 is 39.2 Å². The van der Waals surface area contributed by atoms with E-state index in [0.717, 1.165) is 5.57 Å². The van der Waals surface area contributed by atoms with E-state index in [1.54, 1.807) is 0 Å². The summed E-state index contributed by atoms with van der Waals surface area (Å²) in [7, 11) is 0. The molecule has 1 aliphatic heterocycles. The van der Waals surface area contributed by atoms with E-state index >= 15 is 0 Å². The Morgan fingerprint density at radius 1 is 1.40 bits per heavy atom. The van der Waals surface area contributed by atoms with Crippen LogP contribution in [0.1, 0.15) is 88.0 Å². The van der Waals surface area contributed by atoms with Gasteiger partial charge in [-0.1, -0.05) is 38.9 Å². The molecule has 0 spiro atoms. The molecule has 0 saturated carbocycles. The molecule has 30 heavy (non-hydrogen) atoms. The summed E-state index contributed by atoms with van der Waals surface area (Å²) < 4.78 is 106. The van der Waals surface area contributed by atoms with Gasteiger partial charge in [0, 0.05) is 27.4 Å². The zero-order valence-electron chi connectivity index (χ0n) is 29.4. The highest BCUT2D eigenvalue weighted by Crippen LogP contribution is 2.45. The van der Waals surface area contributed by atoms with Gasteiger partial charge in [0.05, 0.1) is 17.9 Å². The number of carbonyl (C=O) groups excluding carboxylic acids is 2. The molecule has 0 radical (unpaired) electrons. The average molecular weight is 431 g/mol. The van der Waals surface area contributed by atoms with Crippen LogP contribution in [0.2, 0.25) is 0 Å². The zero-order valence-corrected chi connectivity index (χ0v) is 17.4. The number of esters is 2. The SMILES string of the molecule is [2H]O[C@H]1CC(=O)OC(CC[C@@H]2[C@@H]3C(=C[C@H](C)C[C@@H]3OC(=O)C(C([2H])([2H])[2H])(C([2H])([2H])[2H])C([2H])([2H])C([2H])([2H])[2H])C=C[C@@H]2C)C1. The third-order valence-corrected chi connectivity index (χ3v) is 6.39. The first-order valence-electron chi connectivity index (χ1n) is 16.4. The van der Waals surface area contributed by atoms with Crippen molar-refractivity contribution in [1.82, 2.24) is 0 Å². The Labute approximate surface area is 197 Å². The molecule has 1 saturated heterocycles. The van der Waals surface area contributed by atoms with Crippen molar-refractivity contribution in [3.05, 3.63) is 23.8 Å². The molecule has 3 aliphatic rings. The number of rotatable bonds is 7. The van der Waals surface area contributed by atoms with E-state index in [0.29, 0.717) is 19.3 Å². The molecule has 7 atom stereocenters. The maximum atomic E-state index is 13.8. The standard InChI is InChI=1S/C25H38O5/c1-6-25(4,5)24(28)30-21-12-15(2)11-17-8-7-16(3)20(23(17)21)10-9-19-13-18(26)14-22(27)29-19/h7-8,11,15-16,18-21,23,26H,6,9-10,12-14H2,1-5H3/t15-,16-,18+,19?,20-,21-,23-/m0/s1/i1D3,4D3,5D3,6D2,26D. The quantitative estimate of drug-likeness (QED) is 0.598. The van der Waals surface area contributed by atoms with Gasteiger partial charge in [0.2, 0.25) is 1.43 Å². The van der Waals surface area contributed by atoms with Gasteiger partial charge in [-0.25, -0.2) is 0 Å². The first-order valence-corrected chi connectivity index (χ1v) is 10.5. The minimum atomic E-state index is -4.01. The predicted octanol–water partition coefficient (Wildman–Crippen LogP) is 4.59. The second kappa shape index (κ2) is 9.25. The molecule has 2 aliphatic carbocycles. The number of hydrogen-bond acceptors (Lipinski definition) is 5. The van der Waals surface area contributed by atoms with Crippen LogP contribution in [0.4, 0.5) is 0 Å². The van der Waals surface area contributed by atoms with Crippen molar-refractivity contribution in [3.8, 4) is 0 Å². The normalized spacial score (nSPS) is 44.1. The molecule has 0 aromatic carbocycles. The Balaban J connectivity index is 2.00. The maximum absolute atomic E-state index is 13.8. The Morgan fingerprint density at radius 2 is 2.23 bits per heavy atom. The van der Waals surface area contributed by atoms with Gasteiger partial charge in [0.1, 0.15) is 12.2 Å². The summed E-state index contributed by atoms with van der Waals surface area (Å²) in [6.45, 7) is -7.85. The number of fused-ring (bicyclic) bond motifs is 1. The molecule has 3 rings (SSSR count). The molecule has 0 bridgehead atoms. The molecule has 0 aromatic rings. The van der Waals surface area contributed by atoms with Crippen LogP contribution in [0.3, 0.4) is 0 Å². The summed E-state index contributed by atoms with van der Waals surface area (Å²) in [5.74, 6) is -3.48. The van der Waals surface area contributed by atoms with Crippen LogP contribution in [-0.4, -0.2) is 36.8 Å². The minimum absolute atomic E-state index is 0.0214. The molecule has 168 valence electrons. The highest BCUT2D eigenvalue weighted by atomic mass is 16.6. The molecular formula is C25H38O5. The van der Waals surface area contributed by atoms with E-state index in [4.69, 9.17) is 26.0 Å². The van der Waals surface area contributed by atoms with Crippen molar-refractivity contribution >= 4 is 11.9 Å². The molecule has 5 nitrogen and oxygen atoms in total. The van der Waals surface area contributed by atoms with Crippen LogP contribution < -0.4 is 0 Å². The van der Waals surface area contributed by atoms with Crippen molar-refractivity contribution in [1.29, 1.82) is 1.43 Å². The number of allylic oxidation sites excluding steroid dienone is 3. The lowest BCUT2D eigenvalue weighted by molar-refractivity contribution is -0.166. The number of aliphatic hydroxyl groups is 1. The summed E-state index contributed by atoms with van der Waals surface area (Å²) >= 11 is 0. The van der Waals surface area contributed by atoms with E-state index in [-0.39, 0.29) is 30.6 Å². The summed E-state index contributed by atoms with van der Waals surface area (Å²) in [6, 6.07) is 0. The summed E-state index contributed by atoms with van der Waals surface area (Å²) in [5.41, 5.74) is -3.23. The van der Waals surface area contributed by atoms with Gasteiger partial charge >= 0.3 is 11.9 Å². The third kappa shape index (κ3) is 5.16. The second-order valence-electron chi connectivity index (χ2n) is 8.86. The van der Waals surface area contributed by atoms with Gasteiger partial charge in [0.15, 0.2) is 0 Å². The van der Waals surface area contributed by atoms with Crippen LogP contribution in [0.15, 0.2) is 23.8 Å². The fourth-order valence-corrected chi connectivity index (χ4v) is 4.90. The molecule has 1 fully saturated rings. The second-order valence-corrected chi connectivity index (χ2v) is 8.86. The number of ether oxygens (including phenoxy) is 2. The Bertz CT molecular complexity index is 1060. The molecule has 1 N–H and O–H groups in total. The Morgan fingerprint density at radius 3 is 2.97 bits per heavy atom. The van der Waals surface area contributed by atoms with E-state index in [1.165, 1.54) is 0 Å². The topological polar surface area (TPSA) is 72.8 Å². The lowest BCUT2D eigenvalue weighted by Crippen LogP contribution is -2.43. The number of hydrogen-bond donors (Lipinski definition) is 1. The molecule has 5 heteroatoms. The van der Waals surface area contributed by atoms with Crippen LogP contribution >= 0.6 is 0 Å². The highest BCUT2D eigenvalue weighted by Gasteiger charge is 2.43. The van der Waals surface area contributed by atoms with Crippen molar-refractivity contribution in [3.63, 3.8) is 0 Å². The lowest BCUT2D eigenvalue weighted by atomic mass is 9.65. The summed E-state index contributed by atoms with van der Waals surface area (Å²) in [5, 5.41) is 4.61. The maximum Gasteiger partial charge on any atom is 0.311 e. The van der Waals surface area contributed by atoms with Gasteiger partial charge in [0.25, 0.3) is 0 Å². The molecule has 1 heterocycles. The van der Waals surface area contributed by atoms with E-state index in [2.05, 4.69) is 5.11 Å². The van der Waals surface area contributed by atoms with E-state index in [1.807, 2.05) is 32.1 Å². The van der Waals surface area contributed by atoms with Crippen LogP contribution in [0, 0.1) is 29.1 Å². The summed E-state index contributed by atoms with van der Waals surface area (Å²) in [6.07, 6.45) is 0.920. The van der Waals surface area contributed by atoms with Gasteiger partial charge < -0.3 is 14.6 Å². The average Bonchev–Trinajstić information content (AvgIpc) is 2.80. The molecule has 0 aromatic heterocycles. The first kappa shape index (κ1) is 11.8. The Hall–Kier alpha value is -1.62. The third-order valence-electron chi connectivity index (χ3n) is 6.39. The van der Waals surface area contributed by atoms with Crippen molar-refractivity contribution in [2.75, 3.05) is 0 Å². The summed E-state index contributed by atoms with van der Waals surface area (Å²) in [4.78, 5) is 25.8. The van der Waals surface area contributed by atoms with Gasteiger partial charge in [-0.15, -0.1) is 0 Å². The molecular weight excluding hydrogens is 380 g/mol. The molecule has 1 unspecified atom stereocenters. The van der Waals surface area contributed by atoms with Crippen LogP contribution in [0.25, 0.3) is 0 Å². The van der Waals surface area contributed by atoms with Gasteiger partial charge in [-0.05, 0) is 62.7 Å². The number of cyclic esters (lactones) is 1. The molecule has 0 amide bonds. The van der Waals surface area contributed by atoms with Crippen LogP contribution in [0.5, 0.6) is 0 Å².